The lowest BCUT2D eigenvalue weighted by molar-refractivity contribution is 0.147. The number of benzene rings is 2. The zero-order valence-corrected chi connectivity index (χ0v) is 12.8. The lowest BCUT2D eigenvalue weighted by Crippen LogP contribution is -2.20. The molecule has 2 aromatic carbocycles. The molecule has 0 fully saturated rings. The third-order valence-corrected chi connectivity index (χ3v) is 4.00. The first-order valence-electron chi connectivity index (χ1n) is 6.11. The number of hydrogen-bond acceptors (Lipinski definition) is 2. The Kier molecular flexibility index (Phi) is 5.30. The fraction of sp³-hybridized carbons (Fsp3) is 0.200. The summed E-state index contributed by atoms with van der Waals surface area (Å²) in [4.78, 5) is 0. The summed E-state index contributed by atoms with van der Waals surface area (Å²) in [6, 6.07) is 12.3. The second-order valence-corrected chi connectivity index (χ2v) is 5.79. The highest BCUT2D eigenvalue weighted by Gasteiger charge is 2.23. The molecular formula is C15H14Cl3NO. The first-order chi connectivity index (χ1) is 9.52. The Bertz CT molecular complexity index is 603. The second-order valence-electron chi connectivity index (χ2n) is 4.51. The van der Waals surface area contributed by atoms with Crippen molar-refractivity contribution in [2.45, 2.75) is 12.0 Å². The quantitative estimate of drug-likeness (QED) is 0.871. The van der Waals surface area contributed by atoms with Crippen molar-refractivity contribution in [3.63, 3.8) is 0 Å². The highest BCUT2D eigenvalue weighted by atomic mass is 35.5. The molecule has 0 aromatic heterocycles. The molecule has 0 aliphatic heterocycles. The minimum absolute atomic E-state index is 0.268. The van der Waals surface area contributed by atoms with E-state index >= 15 is 0 Å². The maximum absolute atomic E-state index is 10.6. The maximum Gasteiger partial charge on any atom is 0.0885 e. The van der Waals surface area contributed by atoms with Gasteiger partial charge in [0.25, 0.3) is 0 Å². The molecule has 2 atom stereocenters. The van der Waals surface area contributed by atoms with Gasteiger partial charge in [-0.15, -0.1) is 0 Å². The number of hydrogen-bond donors (Lipinski definition) is 2. The van der Waals surface area contributed by atoms with E-state index < -0.39 is 6.10 Å². The van der Waals surface area contributed by atoms with Gasteiger partial charge in [0.1, 0.15) is 0 Å². The van der Waals surface area contributed by atoms with Crippen LogP contribution in [0.2, 0.25) is 15.1 Å². The van der Waals surface area contributed by atoms with E-state index in [1.807, 2.05) is 12.1 Å². The molecule has 5 heteroatoms. The SMILES string of the molecule is NCC(c1cccc(Cl)c1)C(O)c1cc(Cl)ccc1Cl. The molecule has 0 heterocycles. The Hall–Kier alpha value is -0.770. The van der Waals surface area contributed by atoms with Crippen LogP contribution in [-0.2, 0) is 0 Å². The molecule has 2 unspecified atom stereocenters. The predicted octanol–water partition coefficient (Wildman–Crippen LogP) is 4.42. The number of rotatable bonds is 4. The highest BCUT2D eigenvalue weighted by molar-refractivity contribution is 6.33. The lowest BCUT2D eigenvalue weighted by Gasteiger charge is -2.23. The van der Waals surface area contributed by atoms with E-state index in [9.17, 15) is 5.11 Å². The fourth-order valence-corrected chi connectivity index (χ4v) is 2.75. The molecule has 0 spiro atoms. The summed E-state index contributed by atoms with van der Waals surface area (Å²) in [7, 11) is 0. The largest absolute Gasteiger partial charge is 0.388 e. The van der Waals surface area contributed by atoms with Gasteiger partial charge in [0, 0.05) is 33.1 Å². The molecule has 2 nitrogen and oxygen atoms in total. The highest BCUT2D eigenvalue weighted by Crippen LogP contribution is 2.35. The Balaban J connectivity index is 2.38. The number of halogens is 3. The van der Waals surface area contributed by atoms with Gasteiger partial charge < -0.3 is 10.8 Å². The van der Waals surface area contributed by atoms with Gasteiger partial charge in [0.15, 0.2) is 0 Å². The van der Waals surface area contributed by atoms with E-state index in [0.717, 1.165) is 5.56 Å². The molecule has 0 aliphatic carbocycles. The molecule has 3 N–H and O–H groups in total. The van der Waals surface area contributed by atoms with Gasteiger partial charge in [-0.2, -0.15) is 0 Å². The van der Waals surface area contributed by atoms with Crippen LogP contribution in [0.15, 0.2) is 42.5 Å². The van der Waals surface area contributed by atoms with Crippen LogP contribution < -0.4 is 5.73 Å². The predicted molar refractivity (Wildman–Crippen MR) is 84.7 cm³/mol. The first-order valence-corrected chi connectivity index (χ1v) is 7.25. The maximum atomic E-state index is 10.6. The van der Waals surface area contributed by atoms with E-state index in [0.29, 0.717) is 20.6 Å². The second kappa shape index (κ2) is 6.79. The molecule has 0 aliphatic rings. The monoisotopic (exact) mass is 329 g/mol. The average molecular weight is 331 g/mol. The summed E-state index contributed by atoms with van der Waals surface area (Å²) in [5.74, 6) is -0.301. The van der Waals surface area contributed by atoms with Gasteiger partial charge in [-0.05, 0) is 35.9 Å². The van der Waals surface area contributed by atoms with E-state index in [-0.39, 0.29) is 12.5 Å². The van der Waals surface area contributed by atoms with Gasteiger partial charge in [0.2, 0.25) is 0 Å². The van der Waals surface area contributed by atoms with Gasteiger partial charge in [-0.1, -0.05) is 46.9 Å². The third-order valence-electron chi connectivity index (χ3n) is 3.19. The van der Waals surface area contributed by atoms with Crippen molar-refractivity contribution in [1.29, 1.82) is 0 Å². The molecule has 2 rings (SSSR count). The Morgan fingerprint density at radius 3 is 2.35 bits per heavy atom. The molecule has 106 valence electrons. The Labute approximate surface area is 133 Å². The van der Waals surface area contributed by atoms with Gasteiger partial charge >= 0.3 is 0 Å². The van der Waals surface area contributed by atoms with Crippen LogP contribution in [0.4, 0.5) is 0 Å². The van der Waals surface area contributed by atoms with Crippen LogP contribution in [0.1, 0.15) is 23.1 Å². The van der Waals surface area contributed by atoms with Crippen molar-refractivity contribution >= 4 is 34.8 Å². The van der Waals surface area contributed by atoms with Gasteiger partial charge in [0.05, 0.1) is 6.10 Å². The molecule has 20 heavy (non-hydrogen) atoms. The van der Waals surface area contributed by atoms with E-state index in [2.05, 4.69) is 0 Å². The Morgan fingerprint density at radius 1 is 1.00 bits per heavy atom. The molecule has 0 saturated carbocycles. The number of aliphatic hydroxyl groups is 1. The molecular weight excluding hydrogens is 317 g/mol. The van der Waals surface area contributed by atoms with Crippen molar-refractivity contribution in [2.75, 3.05) is 6.54 Å². The van der Waals surface area contributed by atoms with E-state index in [1.54, 1.807) is 30.3 Å². The molecule has 0 amide bonds. The summed E-state index contributed by atoms with van der Waals surface area (Å²) in [6.45, 7) is 0.268. The van der Waals surface area contributed by atoms with Gasteiger partial charge in [-0.3, -0.25) is 0 Å². The van der Waals surface area contributed by atoms with Crippen molar-refractivity contribution in [2.24, 2.45) is 5.73 Å². The van der Waals surface area contributed by atoms with Crippen LogP contribution in [0, 0.1) is 0 Å². The van der Waals surface area contributed by atoms with Crippen LogP contribution in [0.3, 0.4) is 0 Å². The smallest absolute Gasteiger partial charge is 0.0885 e. The number of aliphatic hydroxyl groups excluding tert-OH is 1. The Morgan fingerprint density at radius 2 is 1.70 bits per heavy atom. The normalized spacial score (nSPS) is 14.1. The molecule has 0 saturated heterocycles. The van der Waals surface area contributed by atoms with Gasteiger partial charge in [-0.25, -0.2) is 0 Å². The summed E-state index contributed by atoms with van der Waals surface area (Å²) in [5, 5.41) is 12.1. The zero-order valence-electron chi connectivity index (χ0n) is 10.6. The summed E-state index contributed by atoms with van der Waals surface area (Å²) < 4.78 is 0. The van der Waals surface area contributed by atoms with E-state index in [1.165, 1.54) is 0 Å². The van der Waals surface area contributed by atoms with Crippen LogP contribution in [-0.4, -0.2) is 11.7 Å². The van der Waals surface area contributed by atoms with Crippen molar-refractivity contribution in [3.8, 4) is 0 Å². The minimum Gasteiger partial charge on any atom is -0.388 e. The average Bonchev–Trinajstić information content (AvgIpc) is 2.42. The first kappa shape index (κ1) is 15.6. The van der Waals surface area contributed by atoms with Crippen molar-refractivity contribution < 1.29 is 5.11 Å². The van der Waals surface area contributed by atoms with Crippen LogP contribution in [0.5, 0.6) is 0 Å². The molecule has 0 bridgehead atoms. The van der Waals surface area contributed by atoms with Crippen LogP contribution in [0.25, 0.3) is 0 Å². The van der Waals surface area contributed by atoms with Crippen LogP contribution >= 0.6 is 34.8 Å². The minimum atomic E-state index is -0.843. The summed E-state index contributed by atoms with van der Waals surface area (Å²) in [5.41, 5.74) is 7.23. The summed E-state index contributed by atoms with van der Waals surface area (Å²) in [6.07, 6.45) is -0.843. The van der Waals surface area contributed by atoms with E-state index in [4.69, 9.17) is 40.5 Å². The summed E-state index contributed by atoms with van der Waals surface area (Å²) >= 11 is 18.1. The standard InChI is InChI=1S/C15H14Cl3NO/c16-10-3-1-2-9(6-10)13(8-19)15(20)12-7-11(17)4-5-14(12)18/h1-7,13,15,20H,8,19H2. The topological polar surface area (TPSA) is 46.2 Å². The third kappa shape index (κ3) is 3.46. The number of nitrogens with two attached hydrogens (primary N) is 1. The van der Waals surface area contributed by atoms with Crippen molar-refractivity contribution in [1.82, 2.24) is 0 Å². The lowest BCUT2D eigenvalue weighted by atomic mass is 9.89. The van der Waals surface area contributed by atoms with Crippen molar-refractivity contribution in [3.05, 3.63) is 68.7 Å². The molecule has 0 radical (unpaired) electrons. The molecule has 2 aromatic rings. The zero-order chi connectivity index (χ0) is 14.7. The fourth-order valence-electron chi connectivity index (χ4n) is 2.14.